The summed E-state index contributed by atoms with van der Waals surface area (Å²) in [5.74, 6) is -0.778. The van der Waals surface area contributed by atoms with Gasteiger partial charge in [-0.05, 0) is 12.8 Å². The zero-order chi connectivity index (χ0) is 15.5. The second kappa shape index (κ2) is 6.62. The van der Waals surface area contributed by atoms with E-state index in [2.05, 4.69) is 4.98 Å². The van der Waals surface area contributed by atoms with E-state index < -0.39 is 5.97 Å². The van der Waals surface area contributed by atoms with Gasteiger partial charge in [0.25, 0.3) is 0 Å². The van der Waals surface area contributed by atoms with Gasteiger partial charge in [0.05, 0.1) is 18.2 Å². The molecule has 2 fully saturated rings. The summed E-state index contributed by atoms with van der Waals surface area (Å²) in [6, 6.07) is 0. The van der Waals surface area contributed by atoms with Crippen LogP contribution in [0.1, 0.15) is 40.7 Å². The van der Waals surface area contributed by atoms with Crippen LogP contribution in [0.5, 0.6) is 0 Å². The molecule has 2 aliphatic rings. The standard InChI is InChI=1S/C14H18N2O5S/c17-13(18)11-8-22-12(15-11)9-1-4-16(5-2-9)14(19)21-10-3-6-20-7-10/h8-10H,1-7H2,(H,17,18). The van der Waals surface area contributed by atoms with Gasteiger partial charge in [-0.2, -0.15) is 0 Å². The lowest BCUT2D eigenvalue weighted by Crippen LogP contribution is -2.40. The normalized spacial score (nSPS) is 22.7. The number of ether oxygens (including phenoxy) is 2. The number of aromatic carboxylic acids is 1. The van der Waals surface area contributed by atoms with Crippen molar-refractivity contribution in [2.75, 3.05) is 26.3 Å². The van der Waals surface area contributed by atoms with Gasteiger partial charge in [-0.1, -0.05) is 0 Å². The van der Waals surface area contributed by atoms with E-state index in [4.69, 9.17) is 14.6 Å². The molecular weight excluding hydrogens is 308 g/mol. The van der Waals surface area contributed by atoms with Crippen molar-refractivity contribution in [2.24, 2.45) is 0 Å². The lowest BCUT2D eigenvalue weighted by molar-refractivity contribution is 0.0490. The van der Waals surface area contributed by atoms with Crippen molar-refractivity contribution in [1.29, 1.82) is 0 Å². The third kappa shape index (κ3) is 3.38. The Kier molecular flexibility index (Phi) is 4.58. The van der Waals surface area contributed by atoms with E-state index in [1.165, 1.54) is 11.3 Å². The number of hydrogen-bond donors (Lipinski definition) is 1. The average molecular weight is 326 g/mol. The van der Waals surface area contributed by atoms with Gasteiger partial charge >= 0.3 is 12.1 Å². The van der Waals surface area contributed by atoms with E-state index in [-0.39, 0.29) is 23.8 Å². The number of carboxylic acids is 1. The molecular formula is C14H18N2O5S. The van der Waals surface area contributed by atoms with Gasteiger partial charge in [-0.3, -0.25) is 0 Å². The highest BCUT2D eigenvalue weighted by Gasteiger charge is 2.29. The topological polar surface area (TPSA) is 89.0 Å². The lowest BCUT2D eigenvalue weighted by atomic mass is 9.98. The molecule has 2 aliphatic heterocycles. The van der Waals surface area contributed by atoms with Crippen molar-refractivity contribution < 1.29 is 24.2 Å². The van der Waals surface area contributed by atoms with Crippen molar-refractivity contribution >= 4 is 23.4 Å². The van der Waals surface area contributed by atoms with Crippen LogP contribution in [0, 0.1) is 0 Å². The van der Waals surface area contributed by atoms with Crippen LogP contribution < -0.4 is 0 Å². The van der Waals surface area contributed by atoms with E-state index in [0.29, 0.717) is 26.3 Å². The molecule has 0 aromatic carbocycles. The number of hydrogen-bond acceptors (Lipinski definition) is 6. The first-order valence-corrected chi connectivity index (χ1v) is 8.23. The fourth-order valence-corrected chi connectivity index (χ4v) is 3.67. The Labute approximate surface area is 131 Å². The Morgan fingerprint density at radius 2 is 2.14 bits per heavy atom. The van der Waals surface area contributed by atoms with Crippen LogP contribution in [0.15, 0.2) is 5.38 Å². The van der Waals surface area contributed by atoms with E-state index in [1.807, 2.05) is 0 Å². The molecule has 0 bridgehead atoms. The minimum Gasteiger partial charge on any atom is -0.476 e. The zero-order valence-corrected chi connectivity index (χ0v) is 12.9. The number of carboxylic acid groups (broad SMARTS) is 1. The predicted molar refractivity (Wildman–Crippen MR) is 78.3 cm³/mol. The summed E-state index contributed by atoms with van der Waals surface area (Å²) < 4.78 is 10.6. The summed E-state index contributed by atoms with van der Waals surface area (Å²) in [6.45, 7) is 2.35. The summed E-state index contributed by atoms with van der Waals surface area (Å²) in [5, 5.41) is 11.3. The number of likely N-dealkylation sites (tertiary alicyclic amines) is 1. The lowest BCUT2D eigenvalue weighted by Gasteiger charge is -2.31. The van der Waals surface area contributed by atoms with Gasteiger partial charge in [0.1, 0.15) is 6.10 Å². The Morgan fingerprint density at radius 1 is 1.36 bits per heavy atom. The highest BCUT2D eigenvalue weighted by molar-refractivity contribution is 7.09. The minimum atomic E-state index is -0.998. The molecule has 8 heteroatoms. The molecule has 1 aromatic heterocycles. The summed E-state index contributed by atoms with van der Waals surface area (Å²) in [7, 11) is 0. The molecule has 1 aromatic rings. The van der Waals surface area contributed by atoms with Crippen LogP contribution in [0.25, 0.3) is 0 Å². The van der Waals surface area contributed by atoms with Gasteiger partial charge < -0.3 is 19.5 Å². The predicted octanol–water partition coefficient (Wildman–Crippen LogP) is 1.95. The van der Waals surface area contributed by atoms with E-state index in [1.54, 1.807) is 10.3 Å². The Hall–Kier alpha value is -1.67. The molecule has 7 nitrogen and oxygen atoms in total. The number of amides is 1. The molecule has 120 valence electrons. The van der Waals surface area contributed by atoms with Gasteiger partial charge in [0.2, 0.25) is 0 Å². The van der Waals surface area contributed by atoms with Crippen molar-refractivity contribution in [3.63, 3.8) is 0 Å². The molecule has 1 atom stereocenters. The molecule has 0 radical (unpaired) electrons. The molecule has 1 unspecified atom stereocenters. The number of piperidine rings is 1. The number of nitrogens with zero attached hydrogens (tertiary/aromatic N) is 2. The fraction of sp³-hybridized carbons (Fsp3) is 0.643. The number of aromatic nitrogens is 1. The quantitative estimate of drug-likeness (QED) is 0.913. The van der Waals surface area contributed by atoms with E-state index >= 15 is 0 Å². The van der Waals surface area contributed by atoms with Gasteiger partial charge in [0, 0.05) is 30.8 Å². The maximum Gasteiger partial charge on any atom is 0.410 e. The maximum atomic E-state index is 12.0. The highest BCUT2D eigenvalue weighted by Crippen LogP contribution is 2.30. The molecule has 0 saturated carbocycles. The van der Waals surface area contributed by atoms with E-state index in [9.17, 15) is 9.59 Å². The first-order chi connectivity index (χ1) is 10.6. The smallest absolute Gasteiger partial charge is 0.410 e. The Balaban J connectivity index is 1.50. The molecule has 0 aliphatic carbocycles. The molecule has 0 spiro atoms. The first-order valence-electron chi connectivity index (χ1n) is 7.35. The SMILES string of the molecule is O=C(O)c1csc(C2CCN(C(=O)OC3CCOC3)CC2)n1. The van der Waals surface area contributed by atoms with Crippen LogP contribution in [-0.4, -0.2) is 59.5 Å². The second-order valence-corrected chi connectivity index (χ2v) is 6.40. The maximum absolute atomic E-state index is 12.0. The molecule has 22 heavy (non-hydrogen) atoms. The fourth-order valence-electron chi connectivity index (χ4n) is 2.71. The third-order valence-corrected chi connectivity index (χ3v) is 5.01. The van der Waals surface area contributed by atoms with Crippen molar-refractivity contribution in [3.05, 3.63) is 16.1 Å². The summed E-state index contributed by atoms with van der Waals surface area (Å²) >= 11 is 1.38. The van der Waals surface area contributed by atoms with E-state index in [0.717, 1.165) is 24.3 Å². The zero-order valence-electron chi connectivity index (χ0n) is 12.1. The Bertz CT molecular complexity index is 547. The number of thiazole rings is 1. The molecule has 2 saturated heterocycles. The number of rotatable bonds is 3. The second-order valence-electron chi connectivity index (χ2n) is 5.51. The first kappa shape index (κ1) is 15.2. The minimum absolute atomic E-state index is 0.100. The molecule has 3 rings (SSSR count). The number of carbonyl (C=O) groups excluding carboxylic acids is 1. The summed E-state index contributed by atoms with van der Waals surface area (Å²) in [4.78, 5) is 28.8. The monoisotopic (exact) mass is 326 g/mol. The average Bonchev–Trinajstić information content (AvgIpc) is 3.18. The summed E-state index contributed by atoms with van der Waals surface area (Å²) in [5.41, 5.74) is 0.100. The van der Waals surface area contributed by atoms with Crippen LogP contribution >= 0.6 is 11.3 Å². The molecule has 1 amide bonds. The van der Waals surface area contributed by atoms with Gasteiger partial charge in [-0.15, -0.1) is 11.3 Å². The van der Waals surface area contributed by atoms with Crippen molar-refractivity contribution in [1.82, 2.24) is 9.88 Å². The highest BCUT2D eigenvalue weighted by atomic mass is 32.1. The Morgan fingerprint density at radius 3 is 2.73 bits per heavy atom. The molecule has 1 N–H and O–H groups in total. The third-order valence-electron chi connectivity index (χ3n) is 4.00. The van der Waals surface area contributed by atoms with Crippen LogP contribution in [0.4, 0.5) is 4.79 Å². The van der Waals surface area contributed by atoms with Gasteiger partial charge in [-0.25, -0.2) is 14.6 Å². The van der Waals surface area contributed by atoms with Crippen molar-refractivity contribution in [2.45, 2.75) is 31.3 Å². The largest absolute Gasteiger partial charge is 0.476 e. The van der Waals surface area contributed by atoms with Gasteiger partial charge in [0.15, 0.2) is 5.69 Å². The molecule has 3 heterocycles. The summed E-state index contributed by atoms with van der Waals surface area (Å²) in [6.07, 6.45) is 1.92. The van der Waals surface area contributed by atoms with Crippen LogP contribution in [0.3, 0.4) is 0 Å². The van der Waals surface area contributed by atoms with Crippen molar-refractivity contribution in [3.8, 4) is 0 Å². The van der Waals surface area contributed by atoms with Crippen LogP contribution in [-0.2, 0) is 9.47 Å². The number of carbonyl (C=O) groups is 2. The van der Waals surface area contributed by atoms with Crippen LogP contribution in [0.2, 0.25) is 0 Å².